The Hall–Kier alpha value is -1.88. The molecule has 2 aliphatic heterocycles. The maximum atomic E-state index is 10.1. The lowest BCUT2D eigenvalue weighted by Crippen LogP contribution is -2.45. The molecule has 1 saturated heterocycles. The molecule has 21 heavy (non-hydrogen) atoms. The number of rotatable bonds is 2. The maximum absolute atomic E-state index is 10.1. The summed E-state index contributed by atoms with van der Waals surface area (Å²) in [5.41, 5.74) is 0.283. The lowest BCUT2D eigenvalue weighted by molar-refractivity contribution is -0.0222. The SMILES string of the molecule is CN1CN([C@@H]2O[C@H](CO)[C@@H](O)[C@H]2O)c2nc(O)nc(O)c21. The lowest BCUT2D eigenvalue weighted by atomic mass is 10.1. The van der Waals surface area contributed by atoms with Crippen molar-refractivity contribution in [3.63, 3.8) is 0 Å². The third-order valence-electron chi connectivity index (χ3n) is 3.68. The van der Waals surface area contributed by atoms with Gasteiger partial charge in [-0.05, 0) is 0 Å². The molecule has 3 heterocycles. The van der Waals surface area contributed by atoms with Crippen LogP contribution in [-0.2, 0) is 4.74 Å². The fourth-order valence-corrected chi connectivity index (χ4v) is 2.67. The van der Waals surface area contributed by atoms with Crippen LogP contribution in [0.25, 0.3) is 0 Å². The number of ether oxygens (including phenoxy) is 1. The van der Waals surface area contributed by atoms with Crippen LogP contribution in [0, 0.1) is 0 Å². The van der Waals surface area contributed by atoms with Gasteiger partial charge in [-0.1, -0.05) is 0 Å². The van der Waals surface area contributed by atoms with Crippen LogP contribution in [-0.4, -0.2) is 80.4 Å². The molecule has 5 N–H and O–H groups in total. The number of hydrogen-bond acceptors (Lipinski definition) is 10. The first-order valence-corrected chi connectivity index (χ1v) is 6.34. The monoisotopic (exact) mass is 300 g/mol. The Kier molecular flexibility index (Phi) is 3.24. The van der Waals surface area contributed by atoms with E-state index in [1.807, 2.05) is 0 Å². The summed E-state index contributed by atoms with van der Waals surface area (Å²) in [6, 6.07) is -0.613. The highest BCUT2D eigenvalue weighted by molar-refractivity contribution is 5.77. The summed E-state index contributed by atoms with van der Waals surface area (Å²) in [7, 11) is 1.67. The quantitative estimate of drug-likeness (QED) is 0.399. The van der Waals surface area contributed by atoms with Crippen LogP contribution in [0.5, 0.6) is 11.9 Å². The molecule has 0 saturated carbocycles. The number of hydrogen-bond donors (Lipinski definition) is 5. The highest BCUT2D eigenvalue weighted by atomic mass is 16.6. The standard InChI is InChI=1S/C11H16N4O6/c1-14-3-15(8-5(14)9(19)13-11(20)12-8)10-7(18)6(17)4(2-16)21-10/h4,6-7,10,16-18H,2-3H2,1H3,(H2,12,13,19,20)/t4-,6-,7-,10-/m1/s1. The lowest BCUT2D eigenvalue weighted by Gasteiger charge is -2.27. The molecule has 0 bridgehead atoms. The molecule has 0 aromatic carbocycles. The second kappa shape index (κ2) is 4.84. The van der Waals surface area contributed by atoms with E-state index in [4.69, 9.17) is 9.84 Å². The molecule has 0 unspecified atom stereocenters. The molecule has 0 spiro atoms. The fraction of sp³-hybridized carbons (Fsp3) is 0.636. The van der Waals surface area contributed by atoms with Crippen LogP contribution in [0.4, 0.5) is 11.5 Å². The predicted molar refractivity (Wildman–Crippen MR) is 68.9 cm³/mol. The first-order valence-electron chi connectivity index (χ1n) is 6.34. The van der Waals surface area contributed by atoms with Crippen molar-refractivity contribution in [2.24, 2.45) is 0 Å². The van der Waals surface area contributed by atoms with Crippen molar-refractivity contribution in [1.82, 2.24) is 9.97 Å². The summed E-state index contributed by atoms with van der Waals surface area (Å²) in [4.78, 5) is 10.4. The van der Waals surface area contributed by atoms with Crippen molar-refractivity contribution in [3.05, 3.63) is 0 Å². The van der Waals surface area contributed by atoms with Gasteiger partial charge in [0.25, 0.3) is 0 Å². The first kappa shape index (κ1) is 14.1. The van der Waals surface area contributed by atoms with Crippen LogP contribution >= 0.6 is 0 Å². The van der Waals surface area contributed by atoms with Gasteiger partial charge in [-0.3, -0.25) is 0 Å². The summed E-state index contributed by atoms with van der Waals surface area (Å²) < 4.78 is 5.43. The minimum absolute atomic E-state index is 0.178. The van der Waals surface area contributed by atoms with Gasteiger partial charge in [0.1, 0.15) is 24.0 Å². The molecule has 1 aromatic rings. The number of aliphatic hydroxyl groups is 3. The van der Waals surface area contributed by atoms with Crippen molar-refractivity contribution in [1.29, 1.82) is 0 Å². The Morgan fingerprint density at radius 3 is 2.57 bits per heavy atom. The van der Waals surface area contributed by atoms with Crippen molar-refractivity contribution in [2.45, 2.75) is 24.5 Å². The van der Waals surface area contributed by atoms with Crippen LogP contribution in [0.15, 0.2) is 0 Å². The fourth-order valence-electron chi connectivity index (χ4n) is 2.67. The van der Waals surface area contributed by atoms with E-state index in [1.165, 1.54) is 4.90 Å². The molecule has 1 aromatic heterocycles. The zero-order chi connectivity index (χ0) is 15.3. The van der Waals surface area contributed by atoms with Gasteiger partial charge in [0.2, 0.25) is 5.88 Å². The second-order valence-corrected chi connectivity index (χ2v) is 5.06. The van der Waals surface area contributed by atoms with E-state index in [2.05, 4.69) is 9.97 Å². The van der Waals surface area contributed by atoms with Gasteiger partial charge in [-0.25, -0.2) is 0 Å². The second-order valence-electron chi connectivity index (χ2n) is 5.06. The van der Waals surface area contributed by atoms with E-state index < -0.39 is 43.0 Å². The van der Waals surface area contributed by atoms with Gasteiger partial charge < -0.3 is 40.1 Å². The maximum Gasteiger partial charge on any atom is 0.319 e. The summed E-state index contributed by atoms with van der Waals surface area (Å²) >= 11 is 0. The van der Waals surface area contributed by atoms with Crippen LogP contribution in [0.1, 0.15) is 0 Å². The third kappa shape index (κ3) is 2.03. The summed E-state index contributed by atoms with van der Waals surface area (Å²) in [5, 5.41) is 48.2. The number of aliphatic hydroxyl groups excluding tert-OH is 3. The van der Waals surface area contributed by atoms with E-state index in [0.717, 1.165) is 0 Å². The number of nitrogens with zero attached hydrogens (tertiary/aromatic N) is 4. The third-order valence-corrected chi connectivity index (χ3v) is 3.68. The summed E-state index contributed by atoms with van der Waals surface area (Å²) in [5.74, 6) is -0.216. The molecule has 10 nitrogen and oxygen atoms in total. The molecular weight excluding hydrogens is 284 g/mol. The van der Waals surface area contributed by atoms with Gasteiger partial charge in [-0.15, -0.1) is 0 Å². The molecule has 0 radical (unpaired) electrons. The summed E-state index contributed by atoms with van der Waals surface area (Å²) in [6.45, 7) is -0.237. The molecule has 3 rings (SSSR count). The largest absolute Gasteiger partial charge is 0.492 e. The number of fused-ring (bicyclic) bond motifs is 1. The van der Waals surface area contributed by atoms with Gasteiger partial charge in [0.05, 0.1) is 13.3 Å². The molecule has 0 aliphatic carbocycles. The molecular formula is C11H16N4O6. The van der Waals surface area contributed by atoms with Gasteiger partial charge >= 0.3 is 6.01 Å². The van der Waals surface area contributed by atoms with E-state index in [1.54, 1.807) is 11.9 Å². The average molecular weight is 300 g/mol. The van der Waals surface area contributed by atoms with Crippen LogP contribution in [0.2, 0.25) is 0 Å². The van der Waals surface area contributed by atoms with E-state index >= 15 is 0 Å². The van der Waals surface area contributed by atoms with Crippen molar-refractivity contribution in [2.75, 3.05) is 30.1 Å². The highest BCUT2D eigenvalue weighted by Gasteiger charge is 2.48. The van der Waals surface area contributed by atoms with Gasteiger partial charge in [-0.2, -0.15) is 9.97 Å². The molecule has 2 aliphatic rings. The van der Waals surface area contributed by atoms with Crippen molar-refractivity contribution in [3.8, 4) is 11.9 Å². The average Bonchev–Trinajstić information content (AvgIpc) is 2.89. The Labute approximate surface area is 119 Å². The zero-order valence-corrected chi connectivity index (χ0v) is 11.2. The Balaban J connectivity index is 1.97. The predicted octanol–water partition coefficient (Wildman–Crippen LogP) is -2.46. The Morgan fingerprint density at radius 2 is 1.95 bits per heavy atom. The Morgan fingerprint density at radius 1 is 1.24 bits per heavy atom. The molecule has 10 heteroatoms. The smallest absolute Gasteiger partial charge is 0.319 e. The molecule has 1 fully saturated rings. The number of aromatic hydroxyl groups is 2. The molecule has 0 amide bonds. The van der Waals surface area contributed by atoms with E-state index in [9.17, 15) is 20.4 Å². The normalized spacial score (nSPS) is 31.8. The number of anilines is 2. The van der Waals surface area contributed by atoms with Crippen molar-refractivity contribution >= 4 is 11.5 Å². The Bertz CT molecular complexity index is 558. The van der Waals surface area contributed by atoms with Gasteiger partial charge in [0.15, 0.2) is 12.0 Å². The van der Waals surface area contributed by atoms with Gasteiger partial charge in [0, 0.05) is 7.05 Å². The van der Waals surface area contributed by atoms with E-state index in [-0.39, 0.29) is 18.2 Å². The topological polar surface area (TPSA) is 143 Å². The van der Waals surface area contributed by atoms with E-state index in [0.29, 0.717) is 0 Å². The number of aromatic nitrogens is 2. The van der Waals surface area contributed by atoms with Crippen LogP contribution in [0.3, 0.4) is 0 Å². The summed E-state index contributed by atoms with van der Waals surface area (Å²) in [6.07, 6.45) is -4.38. The zero-order valence-electron chi connectivity index (χ0n) is 11.2. The highest BCUT2D eigenvalue weighted by Crippen LogP contribution is 2.43. The van der Waals surface area contributed by atoms with Crippen molar-refractivity contribution < 1.29 is 30.3 Å². The van der Waals surface area contributed by atoms with Crippen LogP contribution < -0.4 is 9.80 Å². The molecule has 4 atom stereocenters. The minimum atomic E-state index is -1.26. The first-order chi connectivity index (χ1) is 9.93. The molecule has 116 valence electrons. The minimum Gasteiger partial charge on any atom is -0.492 e.